The summed E-state index contributed by atoms with van der Waals surface area (Å²) in [5.74, 6) is 1.19. The lowest BCUT2D eigenvalue weighted by atomic mass is 10.1. The van der Waals surface area contributed by atoms with Crippen LogP contribution >= 0.6 is 0 Å². The van der Waals surface area contributed by atoms with Gasteiger partial charge in [-0.15, -0.1) is 0 Å². The molecule has 27 heavy (non-hydrogen) atoms. The molecular formula is C20H29N5O2. The summed E-state index contributed by atoms with van der Waals surface area (Å²) in [6, 6.07) is 7.50. The van der Waals surface area contributed by atoms with Crippen molar-refractivity contribution in [1.29, 1.82) is 0 Å². The summed E-state index contributed by atoms with van der Waals surface area (Å²) in [5, 5.41) is 5.80. The average molecular weight is 371 g/mol. The zero-order valence-corrected chi connectivity index (χ0v) is 16.4. The van der Waals surface area contributed by atoms with E-state index in [4.69, 9.17) is 0 Å². The highest BCUT2D eigenvalue weighted by atomic mass is 16.2. The smallest absolute Gasteiger partial charge is 0.237 e. The summed E-state index contributed by atoms with van der Waals surface area (Å²) in [6.07, 6.45) is 1.19. The number of hydrogen-bond acceptors (Lipinski definition) is 4. The van der Waals surface area contributed by atoms with Crippen LogP contribution in [0.5, 0.6) is 0 Å². The zero-order chi connectivity index (χ0) is 19.4. The molecule has 1 saturated heterocycles. The lowest BCUT2D eigenvalue weighted by Gasteiger charge is -2.35. The molecule has 3 rings (SSSR count). The summed E-state index contributed by atoms with van der Waals surface area (Å²) in [6.45, 7) is 6.97. The second-order valence-corrected chi connectivity index (χ2v) is 7.58. The van der Waals surface area contributed by atoms with Crippen molar-refractivity contribution in [3.05, 3.63) is 30.1 Å². The van der Waals surface area contributed by atoms with Gasteiger partial charge in [0.2, 0.25) is 11.8 Å². The molecule has 1 fully saturated rings. The molecule has 1 aromatic carbocycles. The van der Waals surface area contributed by atoms with Crippen LogP contribution in [-0.4, -0.2) is 51.9 Å². The Morgan fingerprint density at radius 2 is 2.15 bits per heavy atom. The third-order valence-electron chi connectivity index (χ3n) is 5.14. The molecule has 1 unspecified atom stereocenters. The first-order valence-corrected chi connectivity index (χ1v) is 9.64. The lowest BCUT2D eigenvalue weighted by Crippen LogP contribution is -2.56. The van der Waals surface area contributed by atoms with E-state index in [9.17, 15) is 9.59 Å². The van der Waals surface area contributed by atoms with Gasteiger partial charge in [-0.2, -0.15) is 0 Å². The Kier molecular flexibility index (Phi) is 6.11. The number of carbonyl (C=O) groups is 2. The van der Waals surface area contributed by atoms with Gasteiger partial charge in [0.05, 0.1) is 30.0 Å². The van der Waals surface area contributed by atoms with E-state index in [0.29, 0.717) is 19.0 Å². The van der Waals surface area contributed by atoms with Crippen LogP contribution in [0.4, 0.5) is 0 Å². The van der Waals surface area contributed by atoms with Crippen LogP contribution in [0.1, 0.15) is 32.5 Å². The Balaban J connectivity index is 1.59. The quantitative estimate of drug-likeness (QED) is 0.772. The number of aryl methyl sites for hydroxylation is 1. The first-order chi connectivity index (χ1) is 13.0. The SMILES string of the molecule is CC(C)CCN1CCNC(=O)C1CC(=O)NCc1nc2ccccc2n1C. The Morgan fingerprint density at radius 1 is 1.37 bits per heavy atom. The van der Waals surface area contributed by atoms with Crippen LogP contribution in [0.2, 0.25) is 0 Å². The van der Waals surface area contributed by atoms with Crippen molar-refractivity contribution in [2.75, 3.05) is 19.6 Å². The zero-order valence-electron chi connectivity index (χ0n) is 16.4. The van der Waals surface area contributed by atoms with Gasteiger partial charge in [0.15, 0.2) is 0 Å². The molecule has 0 radical (unpaired) electrons. The van der Waals surface area contributed by atoms with Crippen LogP contribution in [0.3, 0.4) is 0 Å². The second kappa shape index (κ2) is 8.52. The van der Waals surface area contributed by atoms with Crippen LogP contribution < -0.4 is 10.6 Å². The number of amides is 2. The van der Waals surface area contributed by atoms with E-state index in [2.05, 4.69) is 34.4 Å². The van der Waals surface area contributed by atoms with Crippen molar-refractivity contribution in [2.24, 2.45) is 13.0 Å². The summed E-state index contributed by atoms with van der Waals surface area (Å²) < 4.78 is 1.98. The molecule has 1 aromatic heterocycles. The minimum atomic E-state index is -0.391. The maximum absolute atomic E-state index is 12.5. The average Bonchev–Trinajstić information content (AvgIpc) is 2.96. The summed E-state index contributed by atoms with van der Waals surface area (Å²) in [4.78, 5) is 31.5. The number of rotatable bonds is 7. The fourth-order valence-electron chi connectivity index (χ4n) is 3.45. The molecule has 1 aliphatic rings. The van der Waals surface area contributed by atoms with Crippen molar-refractivity contribution < 1.29 is 9.59 Å². The molecule has 2 aromatic rings. The van der Waals surface area contributed by atoms with Gasteiger partial charge in [-0.05, 0) is 31.0 Å². The molecule has 0 spiro atoms. The number of piperazine rings is 1. The van der Waals surface area contributed by atoms with Crippen LogP contribution in [0, 0.1) is 5.92 Å². The second-order valence-electron chi connectivity index (χ2n) is 7.58. The molecule has 0 bridgehead atoms. The molecule has 0 saturated carbocycles. The maximum Gasteiger partial charge on any atom is 0.237 e. The van der Waals surface area contributed by atoms with Gasteiger partial charge < -0.3 is 15.2 Å². The fraction of sp³-hybridized carbons (Fsp3) is 0.550. The van der Waals surface area contributed by atoms with Gasteiger partial charge in [0.1, 0.15) is 5.82 Å². The molecule has 7 heteroatoms. The molecule has 2 heterocycles. The fourth-order valence-corrected chi connectivity index (χ4v) is 3.45. The van der Waals surface area contributed by atoms with Crippen molar-refractivity contribution >= 4 is 22.8 Å². The first-order valence-electron chi connectivity index (χ1n) is 9.64. The third-order valence-corrected chi connectivity index (χ3v) is 5.14. The topological polar surface area (TPSA) is 79.3 Å². The molecule has 0 aliphatic carbocycles. The third kappa shape index (κ3) is 4.66. The first kappa shape index (κ1) is 19.4. The summed E-state index contributed by atoms with van der Waals surface area (Å²) in [5.41, 5.74) is 1.95. The van der Waals surface area contributed by atoms with Crippen LogP contribution in [-0.2, 0) is 23.2 Å². The van der Waals surface area contributed by atoms with Crippen molar-refractivity contribution in [3.8, 4) is 0 Å². The van der Waals surface area contributed by atoms with E-state index in [0.717, 1.165) is 36.4 Å². The molecule has 1 aliphatic heterocycles. The highest BCUT2D eigenvalue weighted by Crippen LogP contribution is 2.15. The molecule has 7 nitrogen and oxygen atoms in total. The molecule has 146 valence electrons. The van der Waals surface area contributed by atoms with Crippen molar-refractivity contribution in [3.63, 3.8) is 0 Å². The number of fused-ring (bicyclic) bond motifs is 1. The van der Waals surface area contributed by atoms with Crippen LogP contribution in [0.25, 0.3) is 11.0 Å². The van der Waals surface area contributed by atoms with Gasteiger partial charge in [-0.1, -0.05) is 26.0 Å². The number of hydrogen-bond donors (Lipinski definition) is 2. The van der Waals surface area contributed by atoms with Gasteiger partial charge in [0.25, 0.3) is 0 Å². The van der Waals surface area contributed by atoms with Crippen LogP contribution in [0.15, 0.2) is 24.3 Å². The van der Waals surface area contributed by atoms with E-state index < -0.39 is 6.04 Å². The molecule has 2 N–H and O–H groups in total. The van der Waals surface area contributed by atoms with E-state index in [1.807, 2.05) is 35.9 Å². The molecule has 2 amide bonds. The standard InChI is InChI=1S/C20H29N5O2/c1-14(2)8-10-25-11-9-21-20(27)17(25)12-19(26)22-13-18-23-15-6-4-5-7-16(15)24(18)3/h4-7,14,17H,8-13H2,1-3H3,(H,21,27)(H,22,26). The number of nitrogens with zero attached hydrogens (tertiary/aromatic N) is 3. The van der Waals surface area contributed by atoms with Gasteiger partial charge in [0, 0.05) is 20.1 Å². The van der Waals surface area contributed by atoms with Crippen molar-refractivity contribution in [1.82, 2.24) is 25.1 Å². The number of aromatic nitrogens is 2. The predicted molar refractivity (Wildman–Crippen MR) is 105 cm³/mol. The molecular weight excluding hydrogens is 342 g/mol. The highest BCUT2D eigenvalue weighted by molar-refractivity contribution is 5.88. The number of carbonyl (C=O) groups excluding carboxylic acids is 2. The monoisotopic (exact) mass is 371 g/mol. The highest BCUT2D eigenvalue weighted by Gasteiger charge is 2.31. The van der Waals surface area contributed by atoms with Gasteiger partial charge >= 0.3 is 0 Å². The molecule has 1 atom stereocenters. The maximum atomic E-state index is 12.5. The minimum Gasteiger partial charge on any atom is -0.353 e. The summed E-state index contributed by atoms with van der Waals surface area (Å²) >= 11 is 0. The minimum absolute atomic E-state index is 0.0529. The normalized spacial score (nSPS) is 18.1. The summed E-state index contributed by atoms with van der Waals surface area (Å²) in [7, 11) is 1.94. The van der Waals surface area contributed by atoms with E-state index in [1.165, 1.54) is 0 Å². The van der Waals surface area contributed by atoms with Crippen molar-refractivity contribution in [2.45, 2.75) is 39.3 Å². The van der Waals surface area contributed by atoms with E-state index >= 15 is 0 Å². The Bertz CT molecular complexity index is 814. The number of benzene rings is 1. The largest absolute Gasteiger partial charge is 0.353 e. The Morgan fingerprint density at radius 3 is 2.89 bits per heavy atom. The lowest BCUT2D eigenvalue weighted by molar-refractivity contribution is -0.134. The Labute approximate surface area is 160 Å². The number of nitrogens with one attached hydrogen (secondary N) is 2. The number of para-hydroxylation sites is 2. The Hall–Kier alpha value is -2.41. The van der Waals surface area contributed by atoms with Gasteiger partial charge in [-0.25, -0.2) is 4.98 Å². The van der Waals surface area contributed by atoms with E-state index in [-0.39, 0.29) is 18.2 Å². The van der Waals surface area contributed by atoms with E-state index in [1.54, 1.807) is 0 Å². The predicted octanol–water partition coefficient (Wildman–Crippen LogP) is 1.43. The number of imidazole rings is 1. The van der Waals surface area contributed by atoms with Gasteiger partial charge in [-0.3, -0.25) is 14.5 Å².